The van der Waals surface area contributed by atoms with Gasteiger partial charge >= 0.3 is 0 Å². The van der Waals surface area contributed by atoms with Crippen LogP contribution in [-0.4, -0.2) is 13.2 Å². The van der Waals surface area contributed by atoms with Gasteiger partial charge in [0.05, 0.1) is 12.1 Å². The second-order valence-electron chi connectivity index (χ2n) is 14.0. The van der Waals surface area contributed by atoms with Crippen molar-refractivity contribution < 1.29 is 4.74 Å². The lowest BCUT2D eigenvalue weighted by Crippen LogP contribution is -2.32. The smallest absolute Gasteiger partial charge is 0.0655 e. The Hall–Kier alpha value is -1.06. The maximum atomic E-state index is 9.38. The zero-order valence-electron chi connectivity index (χ0n) is 24.2. The molecule has 3 nitrogen and oxygen atoms in total. The van der Waals surface area contributed by atoms with E-state index in [0.29, 0.717) is 11.8 Å². The molecule has 0 heterocycles. The predicted octanol–water partition coefficient (Wildman–Crippen LogP) is 9.33. The Balaban J connectivity index is 1.27. The summed E-state index contributed by atoms with van der Waals surface area (Å²) in [6, 6.07) is 5.08. The Morgan fingerprint density at radius 1 is 0.514 bits per heavy atom. The zero-order valence-corrected chi connectivity index (χ0v) is 24.2. The van der Waals surface area contributed by atoms with E-state index < -0.39 is 0 Å². The van der Waals surface area contributed by atoms with Crippen molar-refractivity contribution in [3.63, 3.8) is 0 Å². The largest absolute Gasteiger partial charge is 0.381 e. The van der Waals surface area contributed by atoms with E-state index in [9.17, 15) is 10.5 Å². The normalized spacial score (nSPS) is 38.7. The maximum Gasteiger partial charge on any atom is 0.0655 e. The van der Waals surface area contributed by atoms with Crippen molar-refractivity contribution in [2.45, 2.75) is 129 Å². The van der Waals surface area contributed by atoms with Crippen LogP contribution in [0, 0.1) is 81.8 Å². The number of nitriles is 2. The molecule has 2 atom stereocenters. The lowest BCUT2D eigenvalue weighted by molar-refractivity contribution is 0.0412. The Morgan fingerprint density at radius 2 is 0.811 bits per heavy atom. The summed E-state index contributed by atoms with van der Waals surface area (Å²) in [6.45, 7) is 6.74. The van der Waals surface area contributed by atoms with Crippen molar-refractivity contribution in [2.24, 2.45) is 59.2 Å². The van der Waals surface area contributed by atoms with Gasteiger partial charge in [-0.15, -0.1) is 0 Å². The summed E-state index contributed by atoms with van der Waals surface area (Å²) in [5, 5.41) is 18.8. The lowest BCUT2D eigenvalue weighted by Gasteiger charge is -2.40. The van der Waals surface area contributed by atoms with Crippen LogP contribution < -0.4 is 0 Å². The molecule has 4 fully saturated rings. The quantitative estimate of drug-likeness (QED) is 0.276. The van der Waals surface area contributed by atoms with E-state index in [4.69, 9.17) is 4.74 Å². The third-order valence-corrected chi connectivity index (χ3v) is 11.6. The van der Waals surface area contributed by atoms with Crippen LogP contribution in [0.1, 0.15) is 129 Å². The second-order valence-corrected chi connectivity index (χ2v) is 14.0. The molecular weight excluding hydrogens is 452 g/mol. The summed E-state index contributed by atoms with van der Waals surface area (Å²) in [4.78, 5) is 0. The Bertz CT molecular complexity index is 658. The molecule has 0 amide bonds. The molecule has 0 N–H and O–H groups in total. The Morgan fingerprint density at radius 3 is 1.11 bits per heavy atom. The summed E-state index contributed by atoms with van der Waals surface area (Å²) in [7, 11) is 0. The van der Waals surface area contributed by atoms with Gasteiger partial charge in [-0.05, 0) is 137 Å². The highest BCUT2D eigenvalue weighted by molar-refractivity contribution is 4.92. The van der Waals surface area contributed by atoms with Gasteiger partial charge in [0.25, 0.3) is 0 Å². The van der Waals surface area contributed by atoms with E-state index in [1.807, 2.05) is 0 Å². The molecule has 0 aromatic carbocycles. The number of hydrogen-bond donors (Lipinski definition) is 0. The van der Waals surface area contributed by atoms with Gasteiger partial charge in [0.15, 0.2) is 0 Å². The molecule has 0 aromatic rings. The monoisotopic (exact) mass is 508 g/mol. The molecule has 2 unspecified atom stereocenters. The topological polar surface area (TPSA) is 56.8 Å². The zero-order chi connectivity index (χ0) is 26.0. The molecular formula is C34H56N2O. The molecule has 37 heavy (non-hydrogen) atoms. The van der Waals surface area contributed by atoms with Gasteiger partial charge in [-0.2, -0.15) is 10.5 Å². The third-order valence-electron chi connectivity index (χ3n) is 11.6. The van der Waals surface area contributed by atoms with E-state index >= 15 is 0 Å². The predicted molar refractivity (Wildman–Crippen MR) is 151 cm³/mol. The fourth-order valence-corrected chi connectivity index (χ4v) is 9.03. The third kappa shape index (κ3) is 8.46. The van der Waals surface area contributed by atoms with Crippen LogP contribution in [0.2, 0.25) is 0 Å². The van der Waals surface area contributed by atoms with Gasteiger partial charge < -0.3 is 4.74 Å². The van der Waals surface area contributed by atoms with Gasteiger partial charge in [-0.25, -0.2) is 0 Å². The van der Waals surface area contributed by atoms with Crippen LogP contribution in [0.3, 0.4) is 0 Å². The minimum absolute atomic E-state index is 0.308. The van der Waals surface area contributed by atoms with Gasteiger partial charge in [0.2, 0.25) is 0 Å². The van der Waals surface area contributed by atoms with Crippen molar-refractivity contribution in [1.29, 1.82) is 10.5 Å². The Labute approximate surface area is 229 Å². The first-order valence-electron chi connectivity index (χ1n) is 16.4. The summed E-state index contributed by atoms with van der Waals surface area (Å²) in [6.07, 6.45) is 23.3. The van der Waals surface area contributed by atoms with E-state index in [-0.39, 0.29) is 0 Å². The summed E-state index contributed by atoms with van der Waals surface area (Å²) < 4.78 is 6.48. The molecule has 0 saturated heterocycles. The van der Waals surface area contributed by atoms with Crippen LogP contribution in [0.25, 0.3) is 0 Å². The molecule has 0 spiro atoms. The first-order valence-corrected chi connectivity index (χ1v) is 16.4. The lowest BCUT2D eigenvalue weighted by atomic mass is 9.66. The molecule has 3 heteroatoms. The molecule has 4 aliphatic rings. The Kier molecular flexibility index (Phi) is 11.7. The molecule has 0 radical (unpaired) electrons. The minimum Gasteiger partial charge on any atom is -0.381 e. The van der Waals surface area contributed by atoms with E-state index in [1.54, 1.807) is 0 Å². The first-order chi connectivity index (χ1) is 18.1. The van der Waals surface area contributed by atoms with E-state index in [2.05, 4.69) is 26.0 Å². The summed E-state index contributed by atoms with van der Waals surface area (Å²) >= 11 is 0. The van der Waals surface area contributed by atoms with Crippen molar-refractivity contribution in [2.75, 3.05) is 13.2 Å². The maximum absolute atomic E-state index is 9.38. The van der Waals surface area contributed by atoms with Crippen molar-refractivity contribution in [1.82, 2.24) is 0 Å². The molecule has 0 aliphatic heterocycles. The average Bonchev–Trinajstić information content (AvgIpc) is 2.94. The van der Waals surface area contributed by atoms with Crippen LogP contribution >= 0.6 is 0 Å². The molecule has 4 rings (SSSR count). The van der Waals surface area contributed by atoms with Gasteiger partial charge in [0, 0.05) is 25.0 Å². The van der Waals surface area contributed by atoms with Gasteiger partial charge in [0.1, 0.15) is 0 Å². The SMILES string of the molecule is CC1CCC(C(CCOCCC(C2CCC(C)CC2)C2CCC(C#N)CC2)C2CCC(C#N)CC2)CC1. The van der Waals surface area contributed by atoms with Crippen LogP contribution in [0.15, 0.2) is 0 Å². The number of nitrogens with zero attached hydrogens (tertiary/aromatic N) is 2. The second kappa shape index (κ2) is 14.9. The van der Waals surface area contributed by atoms with E-state index in [1.165, 1.54) is 89.9 Å². The minimum atomic E-state index is 0.308. The highest BCUT2D eigenvalue weighted by atomic mass is 16.5. The molecule has 4 aliphatic carbocycles. The van der Waals surface area contributed by atoms with E-state index in [0.717, 1.165) is 86.2 Å². The number of rotatable bonds is 10. The standard InChI is InChI=1S/C34H56N2O/c1-25-3-11-29(12-4-25)33(31-15-7-27(23-35)8-16-31)19-21-37-22-20-34(30-13-5-26(2)6-14-30)32-17-9-28(24-36)10-18-32/h25-34H,3-22H2,1-2H3. The van der Waals surface area contributed by atoms with Crippen molar-refractivity contribution >= 4 is 0 Å². The molecule has 0 bridgehead atoms. The highest BCUT2D eigenvalue weighted by Crippen LogP contribution is 2.45. The fourth-order valence-electron chi connectivity index (χ4n) is 9.03. The van der Waals surface area contributed by atoms with Crippen molar-refractivity contribution in [3.8, 4) is 12.1 Å². The van der Waals surface area contributed by atoms with Gasteiger partial charge in [-0.1, -0.05) is 39.5 Å². The number of ether oxygens (including phenoxy) is 1. The van der Waals surface area contributed by atoms with Crippen LogP contribution in [0.4, 0.5) is 0 Å². The van der Waals surface area contributed by atoms with Crippen LogP contribution in [0.5, 0.6) is 0 Å². The van der Waals surface area contributed by atoms with Crippen molar-refractivity contribution in [3.05, 3.63) is 0 Å². The molecule has 208 valence electrons. The molecule has 0 aromatic heterocycles. The average molecular weight is 509 g/mol. The summed E-state index contributed by atoms with van der Waals surface area (Å²) in [5.74, 6) is 7.46. The van der Waals surface area contributed by atoms with Crippen LogP contribution in [-0.2, 0) is 4.74 Å². The fraction of sp³-hybridized carbons (Fsp3) is 0.941. The first kappa shape index (κ1) is 28.9. The highest BCUT2D eigenvalue weighted by Gasteiger charge is 2.36. The van der Waals surface area contributed by atoms with Gasteiger partial charge in [-0.3, -0.25) is 0 Å². The summed E-state index contributed by atoms with van der Waals surface area (Å²) in [5.41, 5.74) is 0. The number of hydrogen-bond acceptors (Lipinski definition) is 3. The molecule has 4 saturated carbocycles.